The van der Waals surface area contributed by atoms with E-state index in [1.165, 1.54) is 12.1 Å². The number of benzene rings is 1. The molecule has 0 aromatic heterocycles. The van der Waals surface area contributed by atoms with Crippen molar-refractivity contribution >= 4 is 33.2 Å². The lowest BCUT2D eigenvalue weighted by atomic mass is 10.2. The van der Waals surface area contributed by atoms with Crippen LogP contribution in [0.15, 0.2) is 17.0 Å². The van der Waals surface area contributed by atoms with E-state index in [0.29, 0.717) is 17.1 Å². The Bertz CT molecular complexity index is 545. The van der Waals surface area contributed by atoms with Crippen LogP contribution in [0.2, 0.25) is 10.0 Å². The van der Waals surface area contributed by atoms with E-state index in [9.17, 15) is 8.42 Å². The van der Waals surface area contributed by atoms with Crippen molar-refractivity contribution in [2.24, 2.45) is 0 Å². The Hall–Kier alpha value is -0.330. The molecule has 4 nitrogen and oxygen atoms in total. The van der Waals surface area contributed by atoms with Gasteiger partial charge in [0.15, 0.2) is 0 Å². The molecular formula is C12H18Cl2N2O2S. The van der Waals surface area contributed by atoms with Gasteiger partial charge in [-0.3, -0.25) is 0 Å². The number of sulfonamides is 1. The Morgan fingerprint density at radius 3 is 2.37 bits per heavy atom. The lowest BCUT2D eigenvalue weighted by Gasteiger charge is -2.13. The molecule has 0 amide bonds. The van der Waals surface area contributed by atoms with Crippen LogP contribution in [0.4, 0.5) is 0 Å². The summed E-state index contributed by atoms with van der Waals surface area (Å²) in [7, 11) is -3.62. The molecule has 0 spiro atoms. The molecule has 0 aliphatic carbocycles. The fraction of sp³-hybridized carbons (Fsp3) is 0.500. The van der Waals surface area contributed by atoms with Crippen molar-refractivity contribution in [1.29, 1.82) is 0 Å². The van der Waals surface area contributed by atoms with E-state index >= 15 is 0 Å². The standard InChI is InChI=1S/C12H18Cl2N2O2S/c1-4-15-7-9-5-12(11(14)6-10(9)13)19(17,18)16-8(2)3/h5-6,8,15-16H,4,7H2,1-3H3. The van der Waals surface area contributed by atoms with Crippen molar-refractivity contribution in [3.8, 4) is 0 Å². The molecule has 19 heavy (non-hydrogen) atoms. The lowest BCUT2D eigenvalue weighted by molar-refractivity contribution is 0.569. The van der Waals surface area contributed by atoms with Crippen LogP contribution in [0, 0.1) is 0 Å². The van der Waals surface area contributed by atoms with E-state index in [4.69, 9.17) is 23.2 Å². The Balaban J connectivity index is 3.20. The summed E-state index contributed by atoms with van der Waals surface area (Å²) in [4.78, 5) is 0.0557. The van der Waals surface area contributed by atoms with Gasteiger partial charge in [0.2, 0.25) is 10.0 Å². The summed E-state index contributed by atoms with van der Waals surface area (Å²) in [6, 6.07) is 2.77. The highest BCUT2D eigenvalue weighted by Gasteiger charge is 2.20. The first-order chi connectivity index (χ1) is 8.77. The van der Waals surface area contributed by atoms with E-state index < -0.39 is 10.0 Å². The van der Waals surface area contributed by atoms with Crippen molar-refractivity contribution < 1.29 is 8.42 Å². The SMILES string of the molecule is CCNCc1cc(S(=O)(=O)NC(C)C)c(Cl)cc1Cl. The van der Waals surface area contributed by atoms with Gasteiger partial charge in [0.25, 0.3) is 0 Å². The Kier molecular flexibility index (Phi) is 6.08. The van der Waals surface area contributed by atoms with Crippen LogP contribution in [0.1, 0.15) is 26.3 Å². The van der Waals surface area contributed by atoms with Crippen LogP contribution in [0.3, 0.4) is 0 Å². The first-order valence-electron chi connectivity index (χ1n) is 5.99. The van der Waals surface area contributed by atoms with Crippen molar-refractivity contribution in [3.05, 3.63) is 27.7 Å². The molecule has 0 heterocycles. The summed E-state index contributed by atoms with van der Waals surface area (Å²) in [6.45, 7) is 6.73. The first-order valence-corrected chi connectivity index (χ1v) is 8.22. The molecule has 0 radical (unpaired) electrons. The van der Waals surface area contributed by atoms with Gasteiger partial charge >= 0.3 is 0 Å². The third-order valence-corrected chi connectivity index (χ3v) is 4.82. The Labute approximate surface area is 124 Å². The number of halogens is 2. The van der Waals surface area contributed by atoms with E-state index in [0.717, 1.165) is 6.54 Å². The second-order valence-electron chi connectivity index (χ2n) is 4.43. The topological polar surface area (TPSA) is 58.2 Å². The van der Waals surface area contributed by atoms with Crippen LogP contribution >= 0.6 is 23.2 Å². The van der Waals surface area contributed by atoms with E-state index in [1.54, 1.807) is 13.8 Å². The van der Waals surface area contributed by atoms with Crippen molar-refractivity contribution in [2.75, 3.05) is 6.54 Å². The molecule has 1 aromatic carbocycles. The minimum Gasteiger partial charge on any atom is -0.313 e. The molecule has 0 fully saturated rings. The number of nitrogens with one attached hydrogen (secondary N) is 2. The number of hydrogen-bond donors (Lipinski definition) is 2. The predicted octanol–water partition coefficient (Wildman–Crippen LogP) is 2.79. The van der Waals surface area contributed by atoms with Gasteiger partial charge in [-0.2, -0.15) is 0 Å². The van der Waals surface area contributed by atoms with Crippen LogP contribution in [0.5, 0.6) is 0 Å². The summed E-state index contributed by atoms with van der Waals surface area (Å²) in [6.07, 6.45) is 0. The zero-order valence-corrected chi connectivity index (χ0v) is 13.5. The number of hydrogen-bond acceptors (Lipinski definition) is 3. The van der Waals surface area contributed by atoms with Gasteiger partial charge in [-0.1, -0.05) is 30.1 Å². The van der Waals surface area contributed by atoms with Crippen molar-refractivity contribution in [2.45, 2.75) is 38.3 Å². The molecule has 0 bridgehead atoms. The zero-order valence-electron chi connectivity index (χ0n) is 11.1. The highest BCUT2D eigenvalue weighted by Crippen LogP contribution is 2.28. The van der Waals surface area contributed by atoms with Gasteiger partial charge < -0.3 is 5.32 Å². The molecule has 108 valence electrons. The lowest BCUT2D eigenvalue weighted by Crippen LogP contribution is -2.30. The molecule has 7 heteroatoms. The first kappa shape index (κ1) is 16.7. The van der Waals surface area contributed by atoms with Crippen LogP contribution < -0.4 is 10.0 Å². The van der Waals surface area contributed by atoms with Gasteiger partial charge in [0, 0.05) is 17.6 Å². The number of rotatable bonds is 6. The highest BCUT2D eigenvalue weighted by atomic mass is 35.5. The van der Waals surface area contributed by atoms with Gasteiger partial charge in [0.1, 0.15) is 4.90 Å². The fourth-order valence-corrected chi connectivity index (χ4v) is 3.66. The van der Waals surface area contributed by atoms with Crippen LogP contribution in [0.25, 0.3) is 0 Å². The van der Waals surface area contributed by atoms with Crippen LogP contribution in [-0.4, -0.2) is 21.0 Å². The minimum absolute atomic E-state index is 0.0557. The maximum Gasteiger partial charge on any atom is 0.242 e. The van der Waals surface area contributed by atoms with Gasteiger partial charge in [-0.25, -0.2) is 13.1 Å². The maximum atomic E-state index is 12.1. The fourth-order valence-electron chi connectivity index (χ4n) is 1.55. The average molecular weight is 325 g/mol. The average Bonchev–Trinajstić information content (AvgIpc) is 2.25. The third-order valence-electron chi connectivity index (χ3n) is 2.35. The van der Waals surface area contributed by atoms with E-state index in [2.05, 4.69) is 10.0 Å². The maximum absolute atomic E-state index is 12.1. The minimum atomic E-state index is -3.62. The molecule has 0 atom stereocenters. The van der Waals surface area contributed by atoms with E-state index in [-0.39, 0.29) is 16.0 Å². The molecule has 0 aliphatic rings. The molecule has 0 aliphatic heterocycles. The molecule has 0 saturated heterocycles. The quantitative estimate of drug-likeness (QED) is 0.845. The Morgan fingerprint density at radius 2 is 1.84 bits per heavy atom. The second-order valence-corrected chi connectivity index (χ2v) is 6.93. The summed E-state index contributed by atoms with van der Waals surface area (Å²) in [5, 5.41) is 3.68. The predicted molar refractivity (Wildman–Crippen MR) is 79.3 cm³/mol. The molecule has 1 aromatic rings. The summed E-state index contributed by atoms with van der Waals surface area (Å²) < 4.78 is 26.8. The zero-order chi connectivity index (χ0) is 14.6. The molecule has 1 rings (SSSR count). The third kappa shape index (κ3) is 4.61. The molecule has 0 saturated carbocycles. The second kappa shape index (κ2) is 6.90. The van der Waals surface area contributed by atoms with Gasteiger partial charge in [0.05, 0.1) is 5.02 Å². The summed E-state index contributed by atoms with van der Waals surface area (Å²) in [5.74, 6) is 0. The van der Waals surface area contributed by atoms with Crippen molar-refractivity contribution in [1.82, 2.24) is 10.0 Å². The molecular weight excluding hydrogens is 307 g/mol. The monoisotopic (exact) mass is 324 g/mol. The molecule has 2 N–H and O–H groups in total. The normalized spacial score (nSPS) is 12.1. The van der Waals surface area contributed by atoms with E-state index in [1.807, 2.05) is 6.92 Å². The molecule has 0 unspecified atom stereocenters. The van der Waals surface area contributed by atoms with Gasteiger partial charge in [-0.15, -0.1) is 0 Å². The largest absolute Gasteiger partial charge is 0.313 e. The summed E-state index contributed by atoms with van der Waals surface area (Å²) >= 11 is 12.0. The highest BCUT2D eigenvalue weighted by molar-refractivity contribution is 7.89. The van der Waals surface area contributed by atoms with Crippen LogP contribution in [-0.2, 0) is 16.6 Å². The smallest absolute Gasteiger partial charge is 0.242 e. The Morgan fingerprint density at radius 1 is 1.21 bits per heavy atom. The summed E-state index contributed by atoms with van der Waals surface area (Å²) in [5.41, 5.74) is 0.706. The van der Waals surface area contributed by atoms with Gasteiger partial charge in [-0.05, 0) is 38.1 Å². The van der Waals surface area contributed by atoms with Crippen molar-refractivity contribution in [3.63, 3.8) is 0 Å².